The van der Waals surface area contributed by atoms with Gasteiger partial charge in [0.05, 0.1) is 10.7 Å². The monoisotopic (exact) mass is 540 g/mol. The number of pyridine rings is 1. The molecule has 1 N–H and O–H groups in total. The van der Waals surface area contributed by atoms with E-state index in [1.807, 2.05) is 72.7 Å². The van der Waals surface area contributed by atoms with Crippen molar-refractivity contribution in [1.29, 1.82) is 0 Å². The molecule has 0 spiro atoms. The largest absolute Gasteiger partial charge is 0.350 e. The van der Waals surface area contributed by atoms with Crippen molar-refractivity contribution >= 4 is 23.4 Å². The number of aromatic nitrogens is 4. The van der Waals surface area contributed by atoms with Gasteiger partial charge >= 0.3 is 0 Å². The molecule has 0 saturated carbocycles. The Bertz CT molecular complexity index is 1160. The van der Waals surface area contributed by atoms with Gasteiger partial charge in [0.25, 0.3) is 0 Å². The van der Waals surface area contributed by atoms with Crippen molar-refractivity contribution in [2.75, 3.05) is 6.54 Å². The van der Waals surface area contributed by atoms with Crippen LogP contribution in [0, 0.1) is 12.8 Å². The van der Waals surface area contributed by atoms with Crippen LogP contribution in [-0.2, 0) is 16.1 Å². The average Bonchev–Trinajstić information content (AvgIpc) is 3.60. The summed E-state index contributed by atoms with van der Waals surface area (Å²) in [5, 5.41) is 11.8. The number of hydrogen-bond acceptors (Lipinski definition) is 5. The van der Waals surface area contributed by atoms with Crippen LogP contribution in [0.4, 0.5) is 0 Å². The molecular weight excluding hydrogens is 500 g/mol. The first kappa shape index (κ1) is 31.0. The summed E-state index contributed by atoms with van der Waals surface area (Å²) in [4.78, 5) is 32.3. The Kier molecular flexibility index (Phi) is 12.4. The fraction of sp³-hybridized carbons (Fsp3) is 0.483. The fourth-order valence-corrected chi connectivity index (χ4v) is 4.59. The van der Waals surface area contributed by atoms with Gasteiger partial charge in [-0.05, 0) is 42.9 Å². The highest BCUT2D eigenvalue weighted by Gasteiger charge is 2.39. The summed E-state index contributed by atoms with van der Waals surface area (Å²) in [7, 11) is 0. The second-order valence-corrected chi connectivity index (χ2v) is 9.40. The maximum Gasteiger partial charge on any atom is 0.248 e. The zero-order chi connectivity index (χ0) is 28.2. The Hall–Kier alpha value is -3.26. The van der Waals surface area contributed by atoms with E-state index in [4.69, 9.17) is 11.6 Å². The second-order valence-electron chi connectivity index (χ2n) is 8.99. The molecule has 1 aliphatic rings. The molecule has 3 aromatic rings. The van der Waals surface area contributed by atoms with Gasteiger partial charge in [0.2, 0.25) is 11.8 Å². The van der Waals surface area contributed by atoms with Crippen LogP contribution in [0.1, 0.15) is 71.7 Å². The number of hydrogen-bond donors (Lipinski definition) is 1. The van der Waals surface area contributed by atoms with E-state index in [1.165, 1.54) is 0 Å². The van der Waals surface area contributed by atoms with Gasteiger partial charge in [-0.2, -0.15) is 0 Å². The molecule has 1 aromatic carbocycles. The Morgan fingerprint density at radius 2 is 1.79 bits per heavy atom. The zero-order valence-electron chi connectivity index (χ0n) is 23.6. The molecule has 2 amide bonds. The first-order chi connectivity index (χ1) is 18.3. The molecule has 1 saturated heterocycles. The number of carbonyl (C=O) groups excluding carboxylic acids is 2. The first-order valence-corrected chi connectivity index (χ1v) is 13.9. The van der Waals surface area contributed by atoms with E-state index in [1.54, 1.807) is 34.2 Å². The Labute approximate surface area is 231 Å². The van der Waals surface area contributed by atoms with Crippen LogP contribution < -0.4 is 5.32 Å². The minimum Gasteiger partial charge on any atom is -0.350 e. The van der Waals surface area contributed by atoms with Crippen molar-refractivity contribution in [3.05, 3.63) is 65.2 Å². The van der Waals surface area contributed by atoms with E-state index >= 15 is 0 Å². The van der Waals surface area contributed by atoms with Gasteiger partial charge in [0, 0.05) is 37.2 Å². The molecule has 3 heterocycles. The molecule has 1 fully saturated rings. The van der Waals surface area contributed by atoms with Crippen LogP contribution in [0.5, 0.6) is 0 Å². The van der Waals surface area contributed by atoms with Crippen molar-refractivity contribution in [3.63, 3.8) is 0 Å². The standard InChI is InChI=1S/C25H29ClN6O2.2C2H6/c1-16(2)23(32-15-17(3)29-30-32)25(34)31-12-4-5-22(31)24(33)28-13-18-6-8-19(9-7-18)20-14-27-11-10-21(20)26;2*1-2/h6-11,14-16,22-23H,4-5,12-13H2,1-3H3,(H,28,33);2*1-2H3. The summed E-state index contributed by atoms with van der Waals surface area (Å²) in [6.45, 7) is 14.7. The third-order valence-corrected chi connectivity index (χ3v) is 6.46. The van der Waals surface area contributed by atoms with Gasteiger partial charge in [0.15, 0.2) is 0 Å². The minimum atomic E-state index is -0.485. The van der Waals surface area contributed by atoms with Crippen molar-refractivity contribution in [1.82, 2.24) is 30.2 Å². The molecule has 2 atom stereocenters. The summed E-state index contributed by atoms with van der Waals surface area (Å²) in [5.41, 5.74) is 3.54. The summed E-state index contributed by atoms with van der Waals surface area (Å²) >= 11 is 6.26. The maximum absolute atomic E-state index is 13.4. The van der Waals surface area contributed by atoms with Crippen LogP contribution >= 0.6 is 11.6 Å². The van der Waals surface area contributed by atoms with Gasteiger partial charge in [-0.3, -0.25) is 14.6 Å². The fourth-order valence-electron chi connectivity index (χ4n) is 4.38. The lowest BCUT2D eigenvalue weighted by Gasteiger charge is -2.29. The first-order valence-electron chi connectivity index (χ1n) is 13.5. The normalized spacial score (nSPS) is 15.2. The lowest BCUT2D eigenvalue weighted by atomic mass is 10.0. The summed E-state index contributed by atoms with van der Waals surface area (Å²) in [6, 6.07) is 8.63. The lowest BCUT2D eigenvalue weighted by Crippen LogP contribution is -2.48. The summed E-state index contributed by atoms with van der Waals surface area (Å²) < 4.78 is 1.62. The van der Waals surface area contributed by atoms with Crippen LogP contribution in [0.25, 0.3) is 11.1 Å². The lowest BCUT2D eigenvalue weighted by molar-refractivity contribution is -0.142. The van der Waals surface area contributed by atoms with Gasteiger partial charge in [-0.15, -0.1) is 5.10 Å². The van der Waals surface area contributed by atoms with E-state index < -0.39 is 12.1 Å². The van der Waals surface area contributed by atoms with Gasteiger partial charge in [-0.1, -0.05) is 82.6 Å². The van der Waals surface area contributed by atoms with Crippen molar-refractivity contribution in [2.24, 2.45) is 5.92 Å². The van der Waals surface area contributed by atoms with Gasteiger partial charge < -0.3 is 10.2 Å². The van der Waals surface area contributed by atoms with E-state index in [2.05, 4.69) is 20.6 Å². The molecule has 38 heavy (non-hydrogen) atoms. The predicted molar refractivity (Wildman–Crippen MR) is 153 cm³/mol. The number of nitrogens with zero attached hydrogens (tertiary/aromatic N) is 5. The molecular formula is C29H41ClN6O2. The molecule has 9 heteroatoms. The van der Waals surface area contributed by atoms with E-state index in [-0.39, 0.29) is 17.7 Å². The quantitative estimate of drug-likeness (QED) is 0.405. The number of likely N-dealkylation sites (tertiary alicyclic amines) is 1. The number of rotatable bonds is 7. The second kappa shape index (κ2) is 15.2. The van der Waals surface area contributed by atoms with Gasteiger partial charge in [-0.25, -0.2) is 4.68 Å². The number of amides is 2. The Balaban J connectivity index is 0.00000121. The highest BCUT2D eigenvalue weighted by atomic mass is 35.5. The maximum atomic E-state index is 13.4. The number of nitrogens with one attached hydrogen (secondary N) is 1. The van der Waals surface area contributed by atoms with Crippen LogP contribution in [-0.4, -0.2) is 49.3 Å². The van der Waals surface area contributed by atoms with E-state index in [0.717, 1.165) is 28.8 Å². The van der Waals surface area contributed by atoms with E-state index in [0.29, 0.717) is 24.5 Å². The molecule has 1 aliphatic heterocycles. The van der Waals surface area contributed by atoms with Crippen LogP contribution in [0.2, 0.25) is 5.02 Å². The highest BCUT2D eigenvalue weighted by molar-refractivity contribution is 6.33. The molecule has 0 radical (unpaired) electrons. The Morgan fingerprint density at radius 3 is 2.37 bits per heavy atom. The zero-order valence-corrected chi connectivity index (χ0v) is 24.4. The smallest absolute Gasteiger partial charge is 0.248 e. The molecule has 4 rings (SSSR count). The van der Waals surface area contributed by atoms with E-state index in [9.17, 15) is 9.59 Å². The van der Waals surface area contributed by atoms with Crippen molar-refractivity contribution in [2.45, 2.75) is 79.9 Å². The molecule has 0 bridgehead atoms. The van der Waals surface area contributed by atoms with Gasteiger partial charge in [0.1, 0.15) is 12.1 Å². The SMILES string of the molecule is CC.CC.Cc1cn(C(C(=O)N2CCCC2C(=O)NCc2ccc(-c3cnccc3Cl)cc2)C(C)C)nn1. The van der Waals surface area contributed by atoms with Crippen molar-refractivity contribution < 1.29 is 9.59 Å². The van der Waals surface area contributed by atoms with Crippen LogP contribution in [0.15, 0.2) is 48.9 Å². The molecule has 2 aromatic heterocycles. The van der Waals surface area contributed by atoms with Crippen molar-refractivity contribution in [3.8, 4) is 11.1 Å². The summed E-state index contributed by atoms with van der Waals surface area (Å²) in [5.74, 6) is -0.206. The predicted octanol–water partition coefficient (Wildman–Crippen LogP) is 5.86. The molecule has 206 valence electrons. The Morgan fingerprint density at radius 1 is 1.11 bits per heavy atom. The topological polar surface area (TPSA) is 93.0 Å². The molecule has 0 aliphatic carbocycles. The number of carbonyl (C=O) groups is 2. The third kappa shape index (κ3) is 7.63. The number of benzene rings is 1. The number of halogens is 1. The summed E-state index contributed by atoms with van der Waals surface area (Å²) in [6.07, 6.45) is 6.61. The highest BCUT2D eigenvalue weighted by Crippen LogP contribution is 2.28. The third-order valence-electron chi connectivity index (χ3n) is 6.13. The van der Waals surface area contributed by atoms with Crippen LogP contribution in [0.3, 0.4) is 0 Å². The minimum absolute atomic E-state index is 0.0183. The molecule has 2 unspecified atom stereocenters. The molecule has 8 nitrogen and oxygen atoms in total. The average molecular weight is 541 g/mol. The number of aryl methyl sites for hydroxylation is 1.